The Morgan fingerprint density at radius 2 is 2.18 bits per heavy atom. The van der Waals surface area contributed by atoms with Crippen molar-refractivity contribution in [1.29, 1.82) is 5.41 Å². The summed E-state index contributed by atoms with van der Waals surface area (Å²) in [6.45, 7) is 6.16. The lowest BCUT2D eigenvalue weighted by Gasteiger charge is -2.23. The maximum atomic E-state index is 6.71. The lowest BCUT2D eigenvalue weighted by atomic mass is 9.96. The molecular formula is C8H17N3. The average Bonchev–Trinajstić information content (AvgIpc) is 1.87. The van der Waals surface area contributed by atoms with Crippen LogP contribution in [-0.2, 0) is 0 Å². The van der Waals surface area contributed by atoms with E-state index in [2.05, 4.69) is 18.8 Å². The SMILES string of the molecule is CCC(N)(CC(C)C)N=C=N. The standard InChI is InChI=1S/C8H17N3/c1-4-8(10,11-6-9)5-7(2)3/h7,9H,4-5,10H2,1-3H3. The van der Waals surface area contributed by atoms with Gasteiger partial charge in [0.2, 0.25) is 0 Å². The molecule has 0 heterocycles. The molecule has 1 atom stereocenters. The number of nitrogens with one attached hydrogen (secondary N) is 1. The van der Waals surface area contributed by atoms with Gasteiger partial charge in [0.15, 0.2) is 0 Å². The first-order valence-corrected chi connectivity index (χ1v) is 3.96. The molecule has 3 nitrogen and oxygen atoms in total. The molecule has 0 radical (unpaired) electrons. The Morgan fingerprint density at radius 3 is 2.45 bits per heavy atom. The van der Waals surface area contributed by atoms with Crippen LogP contribution in [0.25, 0.3) is 0 Å². The highest BCUT2D eigenvalue weighted by molar-refractivity contribution is 5.37. The summed E-state index contributed by atoms with van der Waals surface area (Å²) < 4.78 is 0. The van der Waals surface area contributed by atoms with Crippen LogP contribution in [0.2, 0.25) is 0 Å². The molecule has 0 aromatic carbocycles. The van der Waals surface area contributed by atoms with Crippen molar-refractivity contribution in [3.63, 3.8) is 0 Å². The van der Waals surface area contributed by atoms with Gasteiger partial charge in [-0.25, -0.2) is 10.4 Å². The zero-order valence-corrected chi connectivity index (χ0v) is 7.52. The Hall–Kier alpha value is -0.660. The molecule has 0 aromatic rings. The number of nitrogens with zero attached hydrogens (tertiary/aromatic N) is 1. The molecule has 0 saturated carbocycles. The molecule has 0 aliphatic carbocycles. The van der Waals surface area contributed by atoms with Crippen LogP contribution < -0.4 is 5.73 Å². The van der Waals surface area contributed by atoms with Crippen molar-refractivity contribution in [3.05, 3.63) is 0 Å². The first-order chi connectivity index (χ1) is 5.04. The minimum atomic E-state index is -0.560. The van der Waals surface area contributed by atoms with Gasteiger partial charge in [0, 0.05) is 0 Å². The fourth-order valence-electron chi connectivity index (χ4n) is 1.09. The predicted octanol–water partition coefficient (Wildman–Crippen LogP) is 1.85. The van der Waals surface area contributed by atoms with Gasteiger partial charge in [-0.3, -0.25) is 0 Å². The molecule has 0 amide bonds. The van der Waals surface area contributed by atoms with E-state index in [1.54, 1.807) is 0 Å². The highest BCUT2D eigenvalue weighted by Gasteiger charge is 2.21. The van der Waals surface area contributed by atoms with Gasteiger partial charge >= 0.3 is 0 Å². The van der Waals surface area contributed by atoms with Gasteiger partial charge < -0.3 is 5.73 Å². The summed E-state index contributed by atoms with van der Waals surface area (Å²) in [7, 11) is 0. The lowest BCUT2D eigenvalue weighted by molar-refractivity contribution is 0.345. The zero-order valence-electron chi connectivity index (χ0n) is 7.52. The summed E-state index contributed by atoms with van der Waals surface area (Å²) in [5.74, 6) is 0.511. The fourth-order valence-corrected chi connectivity index (χ4v) is 1.09. The zero-order chi connectivity index (χ0) is 8.91. The quantitative estimate of drug-likeness (QED) is 0.598. The van der Waals surface area contributed by atoms with E-state index in [4.69, 9.17) is 11.1 Å². The molecule has 0 aliphatic heterocycles. The number of hydrogen-bond donors (Lipinski definition) is 2. The molecule has 1 unspecified atom stereocenters. The maximum Gasteiger partial charge on any atom is 0.119 e. The second-order valence-electron chi connectivity index (χ2n) is 3.28. The van der Waals surface area contributed by atoms with Gasteiger partial charge in [-0.15, -0.1) is 0 Å². The Morgan fingerprint density at radius 1 is 1.64 bits per heavy atom. The van der Waals surface area contributed by atoms with Crippen molar-refractivity contribution in [2.75, 3.05) is 0 Å². The fraction of sp³-hybridized carbons (Fsp3) is 0.875. The molecular weight excluding hydrogens is 138 g/mol. The van der Waals surface area contributed by atoms with Crippen LogP contribution in [0.4, 0.5) is 0 Å². The summed E-state index contributed by atoms with van der Waals surface area (Å²) in [5.41, 5.74) is 5.30. The first kappa shape index (κ1) is 10.3. The third-order valence-corrected chi connectivity index (χ3v) is 1.65. The van der Waals surface area contributed by atoms with Gasteiger partial charge in [0.25, 0.3) is 0 Å². The molecule has 0 saturated heterocycles. The van der Waals surface area contributed by atoms with E-state index in [0.29, 0.717) is 5.92 Å². The second kappa shape index (κ2) is 4.27. The molecule has 0 spiro atoms. The van der Waals surface area contributed by atoms with Crippen molar-refractivity contribution >= 4 is 6.01 Å². The van der Waals surface area contributed by atoms with E-state index < -0.39 is 5.66 Å². The minimum Gasteiger partial charge on any atom is -0.306 e. The Bertz CT molecular complexity index is 159. The highest BCUT2D eigenvalue weighted by Crippen LogP contribution is 2.18. The normalized spacial score (nSPS) is 15.7. The molecule has 0 bridgehead atoms. The van der Waals surface area contributed by atoms with Crippen molar-refractivity contribution in [2.45, 2.75) is 39.3 Å². The van der Waals surface area contributed by atoms with Crippen LogP contribution in [0.5, 0.6) is 0 Å². The van der Waals surface area contributed by atoms with Crippen molar-refractivity contribution in [3.8, 4) is 0 Å². The van der Waals surface area contributed by atoms with E-state index >= 15 is 0 Å². The molecule has 3 heteroatoms. The summed E-state index contributed by atoms with van der Waals surface area (Å²) in [6, 6.07) is 2.01. The van der Waals surface area contributed by atoms with E-state index in [9.17, 15) is 0 Å². The second-order valence-corrected chi connectivity index (χ2v) is 3.28. The molecule has 0 rings (SSSR count). The Balaban J connectivity index is 4.21. The summed E-state index contributed by atoms with van der Waals surface area (Å²) in [5, 5.41) is 6.71. The number of nitrogens with two attached hydrogens (primary N) is 1. The Labute approximate surface area is 68.2 Å². The van der Waals surface area contributed by atoms with E-state index in [0.717, 1.165) is 12.8 Å². The molecule has 0 fully saturated rings. The highest BCUT2D eigenvalue weighted by atomic mass is 15.0. The van der Waals surface area contributed by atoms with Gasteiger partial charge in [-0.05, 0) is 18.8 Å². The monoisotopic (exact) mass is 155 g/mol. The third-order valence-electron chi connectivity index (χ3n) is 1.65. The smallest absolute Gasteiger partial charge is 0.119 e. The van der Waals surface area contributed by atoms with Crippen LogP contribution in [0.15, 0.2) is 4.99 Å². The lowest BCUT2D eigenvalue weighted by Crippen LogP contribution is -2.38. The van der Waals surface area contributed by atoms with Gasteiger partial charge in [0.1, 0.15) is 5.66 Å². The Kier molecular flexibility index (Phi) is 4.01. The predicted molar refractivity (Wildman–Crippen MR) is 46.8 cm³/mol. The van der Waals surface area contributed by atoms with Gasteiger partial charge in [-0.2, -0.15) is 0 Å². The van der Waals surface area contributed by atoms with Crippen LogP contribution in [0.1, 0.15) is 33.6 Å². The van der Waals surface area contributed by atoms with E-state index in [1.807, 2.05) is 12.9 Å². The van der Waals surface area contributed by atoms with Gasteiger partial charge in [-0.1, -0.05) is 20.8 Å². The summed E-state index contributed by atoms with van der Waals surface area (Å²) >= 11 is 0. The van der Waals surface area contributed by atoms with E-state index in [1.165, 1.54) is 0 Å². The molecule has 0 aromatic heterocycles. The first-order valence-electron chi connectivity index (χ1n) is 3.96. The largest absolute Gasteiger partial charge is 0.306 e. The molecule has 11 heavy (non-hydrogen) atoms. The van der Waals surface area contributed by atoms with Crippen LogP contribution >= 0.6 is 0 Å². The van der Waals surface area contributed by atoms with Crippen molar-refractivity contribution in [1.82, 2.24) is 0 Å². The number of aliphatic imine (C=N–C) groups is 1. The van der Waals surface area contributed by atoms with E-state index in [-0.39, 0.29) is 0 Å². The third kappa shape index (κ3) is 3.91. The number of hydrogen-bond acceptors (Lipinski definition) is 3. The van der Waals surface area contributed by atoms with Crippen LogP contribution in [0.3, 0.4) is 0 Å². The molecule has 0 aliphatic rings. The van der Waals surface area contributed by atoms with Crippen molar-refractivity contribution in [2.24, 2.45) is 16.6 Å². The summed E-state index contributed by atoms with van der Waals surface area (Å²) in [6.07, 6.45) is 1.58. The van der Waals surface area contributed by atoms with Crippen LogP contribution in [-0.4, -0.2) is 11.7 Å². The van der Waals surface area contributed by atoms with Crippen LogP contribution in [0, 0.1) is 11.3 Å². The minimum absolute atomic E-state index is 0.511. The topological polar surface area (TPSA) is 62.2 Å². The van der Waals surface area contributed by atoms with Crippen molar-refractivity contribution < 1.29 is 0 Å². The number of rotatable bonds is 4. The molecule has 64 valence electrons. The maximum absolute atomic E-state index is 6.71. The molecule has 3 N–H and O–H groups in total. The average molecular weight is 155 g/mol. The summed E-state index contributed by atoms with van der Waals surface area (Å²) in [4.78, 5) is 3.81. The van der Waals surface area contributed by atoms with Gasteiger partial charge in [0.05, 0.1) is 6.01 Å².